The van der Waals surface area contributed by atoms with Gasteiger partial charge in [0.15, 0.2) is 11.5 Å². The first-order valence-electron chi connectivity index (χ1n) is 8.12. The number of carbonyl (C=O) groups excluding carboxylic acids is 1. The molecule has 0 atom stereocenters. The summed E-state index contributed by atoms with van der Waals surface area (Å²) in [6.45, 7) is 2.78. The number of oxazole rings is 1. The van der Waals surface area contributed by atoms with Crippen LogP contribution in [0.1, 0.15) is 17.9 Å². The van der Waals surface area contributed by atoms with Crippen molar-refractivity contribution in [3.8, 4) is 5.75 Å². The molecule has 0 saturated heterocycles. The number of fused-ring (bicyclic) bond motifs is 1. The van der Waals surface area contributed by atoms with Crippen LogP contribution in [0.4, 0.5) is 0 Å². The maximum atomic E-state index is 11.9. The number of nitrogens with one attached hydrogen (secondary N) is 1. The Morgan fingerprint density at radius 3 is 2.96 bits per heavy atom. The van der Waals surface area contributed by atoms with Crippen molar-refractivity contribution < 1.29 is 13.9 Å². The van der Waals surface area contributed by atoms with Crippen molar-refractivity contribution in [2.75, 3.05) is 13.2 Å². The van der Waals surface area contributed by atoms with Crippen LogP contribution in [0.25, 0.3) is 11.1 Å². The van der Waals surface area contributed by atoms with E-state index in [4.69, 9.17) is 20.8 Å². The van der Waals surface area contributed by atoms with Crippen LogP contribution in [0.2, 0.25) is 5.02 Å². The molecule has 0 saturated carbocycles. The highest BCUT2D eigenvalue weighted by atomic mass is 35.5. The first-order chi connectivity index (χ1) is 12.1. The Labute approximate surface area is 151 Å². The molecule has 25 heavy (non-hydrogen) atoms. The Kier molecular flexibility index (Phi) is 5.56. The zero-order chi connectivity index (χ0) is 17.6. The van der Waals surface area contributed by atoms with Crippen LogP contribution < -0.4 is 10.1 Å². The van der Waals surface area contributed by atoms with E-state index in [1.54, 1.807) is 12.1 Å². The van der Waals surface area contributed by atoms with E-state index in [0.29, 0.717) is 42.7 Å². The SMILES string of the molecule is Cc1ccc2oc(CCC(=O)NCCOc3ccccc3Cl)nc2c1. The minimum absolute atomic E-state index is 0.0683. The number of rotatable bonds is 7. The Hall–Kier alpha value is -2.53. The van der Waals surface area contributed by atoms with Gasteiger partial charge in [0.2, 0.25) is 5.91 Å². The van der Waals surface area contributed by atoms with Crippen molar-refractivity contribution >= 4 is 28.6 Å². The van der Waals surface area contributed by atoms with Crippen LogP contribution in [0.15, 0.2) is 46.9 Å². The van der Waals surface area contributed by atoms with Gasteiger partial charge in [-0.3, -0.25) is 4.79 Å². The second-order valence-corrected chi connectivity index (χ2v) is 6.11. The average Bonchev–Trinajstić information content (AvgIpc) is 3.00. The van der Waals surface area contributed by atoms with E-state index in [9.17, 15) is 4.79 Å². The van der Waals surface area contributed by atoms with Crippen LogP contribution in [-0.2, 0) is 11.2 Å². The molecule has 1 N–H and O–H groups in total. The third-order valence-corrected chi connectivity index (χ3v) is 3.98. The summed E-state index contributed by atoms with van der Waals surface area (Å²) in [7, 11) is 0. The molecular formula is C19H19ClN2O3. The quantitative estimate of drug-likeness (QED) is 0.650. The summed E-state index contributed by atoms with van der Waals surface area (Å²) in [6.07, 6.45) is 0.781. The third kappa shape index (κ3) is 4.73. The fraction of sp³-hybridized carbons (Fsp3) is 0.263. The topological polar surface area (TPSA) is 64.4 Å². The predicted octanol–water partition coefficient (Wildman–Crippen LogP) is 3.92. The molecule has 0 aliphatic heterocycles. The lowest BCUT2D eigenvalue weighted by Gasteiger charge is -2.08. The van der Waals surface area contributed by atoms with Gasteiger partial charge in [-0.25, -0.2) is 4.98 Å². The smallest absolute Gasteiger partial charge is 0.220 e. The molecule has 0 aliphatic rings. The lowest BCUT2D eigenvalue weighted by atomic mass is 10.2. The van der Waals surface area contributed by atoms with Gasteiger partial charge in [-0.2, -0.15) is 0 Å². The molecule has 1 heterocycles. The molecule has 0 radical (unpaired) electrons. The largest absolute Gasteiger partial charge is 0.490 e. The summed E-state index contributed by atoms with van der Waals surface area (Å²) in [5.41, 5.74) is 2.70. The Balaban J connectivity index is 1.41. The van der Waals surface area contributed by atoms with Gasteiger partial charge in [0.1, 0.15) is 17.9 Å². The molecule has 130 valence electrons. The highest BCUT2D eigenvalue weighted by Gasteiger charge is 2.09. The Morgan fingerprint density at radius 2 is 2.12 bits per heavy atom. The normalized spacial score (nSPS) is 10.8. The monoisotopic (exact) mass is 358 g/mol. The van der Waals surface area contributed by atoms with Crippen LogP contribution in [0.5, 0.6) is 5.75 Å². The van der Waals surface area contributed by atoms with Crippen molar-refractivity contribution in [3.63, 3.8) is 0 Å². The number of hydrogen-bond acceptors (Lipinski definition) is 4. The number of para-hydroxylation sites is 1. The van der Waals surface area contributed by atoms with Crippen LogP contribution >= 0.6 is 11.6 Å². The van der Waals surface area contributed by atoms with Gasteiger partial charge in [-0.1, -0.05) is 29.8 Å². The zero-order valence-electron chi connectivity index (χ0n) is 13.9. The van der Waals surface area contributed by atoms with E-state index in [-0.39, 0.29) is 5.91 Å². The zero-order valence-corrected chi connectivity index (χ0v) is 14.7. The molecular weight excluding hydrogens is 340 g/mol. The molecule has 3 aromatic rings. The van der Waals surface area contributed by atoms with E-state index < -0.39 is 0 Å². The van der Waals surface area contributed by atoms with Gasteiger partial charge in [-0.15, -0.1) is 0 Å². The van der Waals surface area contributed by atoms with E-state index in [1.807, 2.05) is 37.3 Å². The molecule has 0 aliphatic carbocycles. The van der Waals surface area contributed by atoms with E-state index in [0.717, 1.165) is 16.7 Å². The average molecular weight is 359 g/mol. The number of benzene rings is 2. The fourth-order valence-electron chi connectivity index (χ4n) is 2.41. The van der Waals surface area contributed by atoms with Crippen molar-refractivity contribution in [1.29, 1.82) is 0 Å². The number of aryl methyl sites for hydroxylation is 2. The number of amides is 1. The summed E-state index contributed by atoms with van der Waals surface area (Å²) in [5.74, 6) is 1.12. The summed E-state index contributed by atoms with van der Waals surface area (Å²) in [5, 5.41) is 3.36. The van der Waals surface area contributed by atoms with Gasteiger partial charge in [-0.05, 0) is 36.8 Å². The van der Waals surface area contributed by atoms with Crippen molar-refractivity contribution in [1.82, 2.24) is 10.3 Å². The van der Waals surface area contributed by atoms with Gasteiger partial charge in [0.25, 0.3) is 0 Å². The maximum Gasteiger partial charge on any atom is 0.220 e. The second kappa shape index (κ2) is 8.03. The molecule has 3 rings (SSSR count). The lowest BCUT2D eigenvalue weighted by molar-refractivity contribution is -0.121. The maximum absolute atomic E-state index is 11.9. The molecule has 6 heteroatoms. The molecule has 5 nitrogen and oxygen atoms in total. The number of nitrogens with zero attached hydrogens (tertiary/aromatic N) is 1. The van der Waals surface area contributed by atoms with E-state index >= 15 is 0 Å². The summed E-state index contributed by atoms with van der Waals surface area (Å²) < 4.78 is 11.2. The van der Waals surface area contributed by atoms with Crippen molar-refractivity contribution in [2.24, 2.45) is 0 Å². The number of hydrogen-bond donors (Lipinski definition) is 1. The first kappa shape index (κ1) is 17.3. The highest BCUT2D eigenvalue weighted by molar-refractivity contribution is 6.32. The van der Waals surface area contributed by atoms with Gasteiger partial charge >= 0.3 is 0 Å². The Morgan fingerprint density at radius 1 is 1.28 bits per heavy atom. The number of halogens is 1. The summed E-state index contributed by atoms with van der Waals surface area (Å²) in [4.78, 5) is 16.3. The van der Waals surface area contributed by atoms with Crippen molar-refractivity contribution in [3.05, 3.63) is 58.9 Å². The molecule has 0 fully saturated rings. The standard InChI is InChI=1S/C19H19ClN2O3/c1-13-6-7-17-15(12-13)22-19(25-17)9-8-18(23)21-10-11-24-16-5-3-2-4-14(16)20/h2-7,12H,8-11H2,1H3,(H,21,23). The number of ether oxygens (including phenoxy) is 1. The summed E-state index contributed by atoms with van der Waals surface area (Å²) in [6, 6.07) is 13.1. The van der Waals surface area contributed by atoms with E-state index in [1.165, 1.54) is 0 Å². The van der Waals surface area contributed by atoms with Crippen LogP contribution in [0, 0.1) is 6.92 Å². The van der Waals surface area contributed by atoms with Crippen LogP contribution in [0.3, 0.4) is 0 Å². The fourth-order valence-corrected chi connectivity index (χ4v) is 2.60. The van der Waals surface area contributed by atoms with Crippen molar-refractivity contribution in [2.45, 2.75) is 19.8 Å². The molecule has 0 spiro atoms. The molecule has 1 amide bonds. The Bertz CT molecular complexity index is 876. The van der Waals surface area contributed by atoms with E-state index in [2.05, 4.69) is 10.3 Å². The molecule has 2 aromatic carbocycles. The van der Waals surface area contributed by atoms with Gasteiger partial charge in [0, 0.05) is 12.8 Å². The predicted molar refractivity (Wildman–Crippen MR) is 97.0 cm³/mol. The molecule has 0 bridgehead atoms. The van der Waals surface area contributed by atoms with Gasteiger partial charge in [0.05, 0.1) is 11.6 Å². The van der Waals surface area contributed by atoms with Gasteiger partial charge < -0.3 is 14.5 Å². The molecule has 0 unspecified atom stereocenters. The second-order valence-electron chi connectivity index (χ2n) is 5.71. The first-order valence-corrected chi connectivity index (χ1v) is 8.50. The minimum Gasteiger partial charge on any atom is -0.490 e. The van der Waals surface area contributed by atoms with Crippen LogP contribution in [-0.4, -0.2) is 24.0 Å². The summed E-state index contributed by atoms with van der Waals surface area (Å²) >= 11 is 6.00. The lowest BCUT2D eigenvalue weighted by Crippen LogP contribution is -2.28. The number of aromatic nitrogens is 1. The number of carbonyl (C=O) groups is 1. The highest BCUT2D eigenvalue weighted by Crippen LogP contribution is 2.22. The molecule has 1 aromatic heterocycles. The minimum atomic E-state index is -0.0683. The third-order valence-electron chi connectivity index (χ3n) is 3.67.